The van der Waals surface area contributed by atoms with E-state index in [9.17, 15) is 0 Å². The van der Waals surface area contributed by atoms with Crippen LogP contribution in [-0.2, 0) is 5.41 Å². The van der Waals surface area contributed by atoms with E-state index in [1.54, 1.807) is 0 Å². The second kappa shape index (κ2) is 7.20. The minimum atomic E-state index is 0.135. The summed E-state index contributed by atoms with van der Waals surface area (Å²) >= 11 is 0. The predicted octanol–water partition coefficient (Wildman–Crippen LogP) is 6.90. The Morgan fingerprint density at radius 2 is 1.07 bits per heavy atom. The Hall–Kier alpha value is -3.00. The first kappa shape index (κ1) is 18.4. The van der Waals surface area contributed by atoms with Gasteiger partial charge in [-0.1, -0.05) is 94.4 Å². The number of fused-ring (bicyclic) bond motifs is 1. The summed E-state index contributed by atoms with van der Waals surface area (Å²) < 4.78 is 0. The number of para-hydroxylation sites is 2. The molecule has 4 rings (SSSR count). The Morgan fingerprint density at radius 1 is 0.607 bits per heavy atom. The maximum Gasteiger partial charge on any atom is 0.0973 e. The molecular formula is C26H26N2. The van der Waals surface area contributed by atoms with E-state index in [0.717, 1.165) is 33.5 Å². The molecule has 0 spiro atoms. The Morgan fingerprint density at radius 3 is 1.57 bits per heavy atom. The molecule has 3 aromatic carbocycles. The highest BCUT2D eigenvalue weighted by Gasteiger charge is 2.24. The summed E-state index contributed by atoms with van der Waals surface area (Å²) in [7, 11) is 0. The van der Waals surface area contributed by atoms with Gasteiger partial charge in [0.15, 0.2) is 0 Å². The van der Waals surface area contributed by atoms with Gasteiger partial charge >= 0.3 is 0 Å². The van der Waals surface area contributed by atoms with Gasteiger partial charge in [0, 0.05) is 11.1 Å². The Balaban J connectivity index is 1.88. The van der Waals surface area contributed by atoms with Crippen molar-refractivity contribution in [2.45, 2.75) is 33.1 Å². The first-order valence-electron chi connectivity index (χ1n) is 9.90. The van der Waals surface area contributed by atoms with E-state index in [-0.39, 0.29) is 5.41 Å². The standard InChI is InChI=1S/C26H26N2/c1-18(2)26(3,4)21-16-14-20(15-17-21)25-24(19-10-6-5-7-11-19)27-22-12-8-9-13-23(22)28-25/h5-18H,1-4H3. The lowest BCUT2D eigenvalue weighted by molar-refractivity contribution is 0.372. The van der Waals surface area contributed by atoms with Crippen LogP contribution in [0.3, 0.4) is 0 Å². The molecule has 0 radical (unpaired) electrons. The van der Waals surface area contributed by atoms with Crippen LogP contribution in [0.4, 0.5) is 0 Å². The maximum absolute atomic E-state index is 4.99. The van der Waals surface area contributed by atoms with Crippen molar-refractivity contribution in [1.82, 2.24) is 9.97 Å². The van der Waals surface area contributed by atoms with Gasteiger partial charge in [0.25, 0.3) is 0 Å². The molecular weight excluding hydrogens is 340 g/mol. The molecule has 0 N–H and O–H groups in total. The van der Waals surface area contributed by atoms with Crippen LogP contribution < -0.4 is 0 Å². The van der Waals surface area contributed by atoms with E-state index in [2.05, 4.69) is 64.1 Å². The largest absolute Gasteiger partial charge is 0.244 e. The summed E-state index contributed by atoms with van der Waals surface area (Å²) in [6, 6.07) is 27.2. The van der Waals surface area contributed by atoms with E-state index >= 15 is 0 Å². The maximum atomic E-state index is 4.99. The van der Waals surface area contributed by atoms with Crippen LogP contribution in [-0.4, -0.2) is 9.97 Å². The van der Waals surface area contributed by atoms with E-state index < -0.39 is 0 Å². The van der Waals surface area contributed by atoms with Gasteiger partial charge in [-0.05, 0) is 29.0 Å². The first-order chi connectivity index (χ1) is 13.5. The zero-order valence-electron chi connectivity index (χ0n) is 17.0. The molecule has 4 aromatic rings. The Bertz CT molecular complexity index is 1090. The van der Waals surface area contributed by atoms with Crippen molar-refractivity contribution in [3.8, 4) is 22.5 Å². The molecule has 0 fully saturated rings. The molecule has 0 aliphatic heterocycles. The third-order valence-corrected chi connectivity index (χ3v) is 5.96. The van der Waals surface area contributed by atoms with Crippen LogP contribution in [0.2, 0.25) is 0 Å². The molecule has 1 heterocycles. The summed E-state index contributed by atoms with van der Waals surface area (Å²) in [6.45, 7) is 9.16. The highest BCUT2D eigenvalue weighted by Crippen LogP contribution is 2.35. The fourth-order valence-corrected chi connectivity index (χ4v) is 3.39. The summed E-state index contributed by atoms with van der Waals surface area (Å²) in [5.41, 5.74) is 7.36. The number of nitrogens with zero attached hydrogens (tertiary/aromatic N) is 2. The van der Waals surface area contributed by atoms with Crippen LogP contribution in [0, 0.1) is 5.92 Å². The van der Waals surface area contributed by atoms with E-state index in [0.29, 0.717) is 5.92 Å². The predicted molar refractivity (Wildman–Crippen MR) is 118 cm³/mol. The van der Waals surface area contributed by atoms with Gasteiger partial charge in [-0.25, -0.2) is 9.97 Å². The smallest absolute Gasteiger partial charge is 0.0973 e. The van der Waals surface area contributed by atoms with Crippen LogP contribution in [0.15, 0.2) is 78.9 Å². The van der Waals surface area contributed by atoms with Gasteiger partial charge in [0.1, 0.15) is 0 Å². The average molecular weight is 367 g/mol. The van der Waals surface area contributed by atoms with Crippen LogP contribution in [0.1, 0.15) is 33.3 Å². The number of rotatable bonds is 4. The van der Waals surface area contributed by atoms with Crippen LogP contribution in [0.25, 0.3) is 33.5 Å². The lowest BCUT2D eigenvalue weighted by Crippen LogP contribution is -2.24. The zero-order valence-corrected chi connectivity index (χ0v) is 17.0. The number of hydrogen-bond donors (Lipinski definition) is 0. The summed E-state index contributed by atoms with van der Waals surface area (Å²) in [6.07, 6.45) is 0. The quantitative estimate of drug-likeness (QED) is 0.393. The van der Waals surface area contributed by atoms with E-state index in [1.807, 2.05) is 42.5 Å². The van der Waals surface area contributed by atoms with Gasteiger partial charge < -0.3 is 0 Å². The Labute approximate surface area is 167 Å². The summed E-state index contributed by atoms with van der Waals surface area (Å²) in [5, 5.41) is 0. The molecule has 2 nitrogen and oxygen atoms in total. The fourth-order valence-electron chi connectivity index (χ4n) is 3.39. The van der Waals surface area contributed by atoms with Crippen molar-refractivity contribution in [3.05, 3.63) is 84.4 Å². The summed E-state index contributed by atoms with van der Waals surface area (Å²) in [5.74, 6) is 0.568. The number of hydrogen-bond acceptors (Lipinski definition) is 2. The molecule has 0 unspecified atom stereocenters. The lowest BCUT2D eigenvalue weighted by Gasteiger charge is -2.30. The van der Waals surface area contributed by atoms with E-state index in [1.165, 1.54) is 5.56 Å². The third kappa shape index (κ3) is 3.31. The highest BCUT2D eigenvalue weighted by atomic mass is 14.8. The molecule has 0 saturated heterocycles. The first-order valence-corrected chi connectivity index (χ1v) is 9.90. The van der Waals surface area contributed by atoms with Crippen LogP contribution >= 0.6 is 0 Å². The van der Waals surface area contributed by atoms with Crippen molar-refractivity contribution in [1.29, 1.82) is 0 Å². The molecule has 0 aliphatic carbocycles. The minimum Gasteiger partial charge on any atom is -0.244 e. The summed E-state index contributed by atoms with van der Waals surface area (Å²) in [4.78, 5) is 9.94. The molecule has 0 amide bonds. The minimum absolute atomic E-state index is 0.135. The Kier molecular flexibility index (Phi) is 4.72. The van der Waals surface area contributed by atoms with Crippen molar-refractivity contribution in [2.75, 3.05) is 0 Å². The van der Waals surface area contributed by atoms with Crippen molar-refractivity contribution >= 4 is 11.0 Å². The van der Waals surface area contributed by atoms with Gasteiger partial charge in [-0.2, -0.15) is 0 Å². The molecule has 2 heteroatoms. The number of aromatic nitrogens is 2. The van der Waals surface area contributed by atoms with Gasteiger partial charge in [0.05, 0.1) is 22.4 Å². The van der Waals surface area contributed by atoms with Gasteiger partial charge in [-0.3, -0.25) is 0 Å². The van der Waals surface area contributed by atoms with Crippen molar-refractivity contribution < 1.29 is 0 Å². The van der Waals surface area contributed by atoms with Gasteiger partial charge in [0.2, 0.25) is 0 Å². The van der Waals surface area contributed by atoms with Crippen molar-refractivity contribution in [2.24, 2.45) is 5.92 Å². The molecule has 28 heavy (non-hydrogen) atoms. The second-order valence-electron chi connectivity index (χ2n) is 8.23. The van der Waals surface area contributed by atoms with Crippen molar-refractivity contribution in [3.63, 3.8) is 0 Å². The molecule has 0 atom stereocenters. The molecule has 0 saturated carbocycles. The topological polar surface area (TPSA) is 25.8 Å². The third-order valence-electron chi connectivity index (χ3n) is 5.96. The molecule has 1 aromatic heterocycles. The van der Waals surface area contributed by atoms with Crippen LogP contribution in [0.5, 0.6) is 0 Å². The number of benzene rings is 3. The van der Waals surface area contributed by atoms with Gasteiger partial charge in [-0.15, -0.1) is 0 Å². The molecule has 0 bridgehead atoms. The molecule has 140 valence electrons. The zero-order chi connectivity index (χ0) is 19.7. The lowest BCUT2D eigenvalue weighted by atomic mass is 9.75. The molecule has 0 aliphatic rings. The van der Waals surface area contributed by atoms with E-state index in [4.69, 9.17) is 9.97 Å². The fraction of sp³-hybridized carbons (Fsp3) is 0.231. The monoisotopic (exact) mass is 366 g/mol. The average Bonchev–Trinajstić information content (AvgIpc) is 2.73. The normalized spacial score (nSPS) is 11.9. The highest BCUT2D eigenvalue weighted by molar-refractivity contribution is 5.86. The SMILES string of the molecule is CC(C)C(C)(C)c1ccc(-c2nc3ccccc3nc2-c2ccccc2)cc1. The second-order valence-corrected chi connectivity index (χ2v) is 8.23.